The quantitative estimate of drug-likeness (QED) is 0.861. The van der Waals surface area contributed by atoms with Crippen molar-refractivity contribution in [3.05, 3.63) is 47.8 Å². The van der Waals surface area contributed by atoms with Gasteiger partial charge in [0.2, 0.25) is 5.88 Å². The van der Waals surface area contributed by atoms with E-state index in [9.17, 15) is 4.79 Å². The molecule has 1 aromatic carbocycles. The lowest BCUT2D eigenvalue weighted by molar-refractivity contribution is 0.0771. The van der Waals surface area contributed by atoms with Crippen LogP contribution < -0.4 is 9.64 Å². The summed E-state index contributed by atoms with van der Waals surface area (Å²) < 4.78 is 5.91. The predicted molar refractivity (Wildman–Crippen MR) is 92.5 cm³/mol. The van der Waals surface area contributed by atoms with E-state index in [2.05, 4.69) is 9.97 Å². The number of carbonyl (C=O) groups is 1. The minimum absolute atomic E-state index is 0.0499. The maximum atomic E-state index is 12.5. The smallest absolute Gasteiger partial charge is 0.253 e. The van der Waals surface area contributed by atoms with Crippen molar-refractivity contribution in [2.24, 2.45) is 0 Å². The van der Waals surface area contributed by atoms with E-state index < -0.39 is 0 Å². The molecule has 3 rings (SSSR count). The van der Waals surface area contributed by atoms with Crippen molar-refractivity contribution in [1.29, 1.82) is 0 Å². The Morgan fingerprint density at radius 2 is 2.00 bits per heavy atom. The number of likely N-dealkylation sites (tertiary alicyclic amines) is 1. The fourth-order valence-corrected chi connectivity index (χ4v) is 2.67. The van der Waals surface area contributed by atoms with E-state index in [1.54, 1.807) is 12.4 Å². The first-order valence-corrected chi connectivity index (χ1v) is 8.05. The number of aryl methyl sites for hydroxylation is 1. The molecule has 2 aromatic rings. The monoisotopic (exact) mass is 326 g/mol. The van der Waals surface area contributed by atoms with Crippen molar-refractivity contribution in [2.45, 2.75) is 19.4 Å². The van der Waals surface area contributed by atoms with Crippen molar-refractivity contribution in [1.82, 2.24) is 14.9 Å². The minimum atomic E-state index is -0.0499. The van der Waals surface area contributed by atoms with E-state index in [-0.39, 0.29) is 12.0 Å². The molecule has 1 fully saturated rings. The highest BCUT2D eigenvalue weighted by atomic mass is 16.5. The third kappa shape index (κ3) is 3.64. The van der Waals surface area contributed by atoms with Crippen LogP contribution >= 0.6 is 0 Å². The maximum absolute atomic E-state index is 12.5. The highest BCUT2D eigenvalue weighted by Gasteiger charge is 2.28. The highest BCUT2D eigenvalue weighted by molar-refractivity contribution is 5.94. The molecule has 24 heavy (non-hydrogen) atoms. The Kier molecular flexibility index (Phi) is 4.64. The molecule has 6 heteroatoms. The summed E-state index contributed by atoms with van der Waals surface area (Å²) in [4.78, 5) is 24.8. The SMILES string of the molecule is Cc1ccc(C(=O)N2CCC(Oc3cncc(N(C)C)n3)C2)cc1. The summed E-state index contributed by atoms with van der Waals surface area (Å²) in [5.74, 6) is 1.29. The van der Waals surface area contributed by atoms with E-state index in [1.807, 2.05) is 55.1 Å². The summed E-state index contributed by atoms with van der Waals surface area (Å²) >= 11 is 0. The van der Waals surface area contributed by atoms with Crippen LogP contribution in [0.3, 0.4) is 0 Å². The zero-order valence-corrected chi connectivity index (χ0v) is 14.3. The first-order chi connectivity index (χ1) is 11.5. The zero-order valence-electron chi connectivity index (χ0n) is 14.3. The fraction of sp³-hybridized carbons (Fsp3) is 0.389. The van der Waals surface area contributed by atoms with Gasteiger partial charge in [0.25, 0.3) is 5.91 Å². The van der Waals surface area contributed by atoms with Crippen LogP contribution in [0, 0.1) is 6.92 Å². The molecule has 1 saturated heterocycles. The molecule has 6 nitrogen and oxygen atoms in total. The first kappa shape index (κ1) is 16.2. The molecule has 126 valence electrons. The molecule has 0 N–H and O–H groups in total. The highest BCUT2D eigenvalue weighted by Crippen LogP contribution is 2.20. The maximum Gasteiger partial charge on any atom is 0.253 e. The second-order valence-electron chi connectivity index (χ2n) is 6.26. The summed E-state index contributed by atoms with van der Waals surface area (Å²) in [6.07, 6.45) is 4.04. The van der Waals surface area contributed by atoms with Crippen LogP contribution in [0.1, 0.15) is 22.3 Å². The third-order valence-electron chi connectivity index (χ3n) is 4.08. The number of anilines is 1. The predicted octanol–water partition coefficient (Wildman–Crippen LogP) is 2.14. The number of nitrogens with zero attached hydrogens (tertiary/aromatic N) is 4. The molecular weight excluding hydrogens is 304 g/mol. The van der Waals surface area contributed by atoms with Gasteiger partial charge in [-0.05, 0) is 19.1 Å². The Morgan fingerprint density at radius 1 is 1.25 bits per heavy atom. The molecule has 0 aliphatic carbocycles. The molecular formula is C18H22N4O2. The van der Waals surface area contributed by atoms with Gasteiger partial charge in [-0.2, -0.15) is 4.98 Å². The Labute approximate surface area is 142 Å². The van der Waals surface area contributed by atoms with Gasteiger partial charge >= 0.3 is 0 Å². The van der Waals surface area contributed by atoms with Crippen molar-refractivity contribution in [2.75, 3.05) is 32.1 Å². The summed E-state index contributed by atoms with van der Waals surface area (Å²) in [5, 5.41) is 0. The molecule has 0 bridgehead atoms. The summed E-state index contributed by atoms with van der Waals surface area (Å²) in [5.41, 5.74) is 1.86. The molecule has 2 heterocycles. The minimum Gasteiger partial charge on any atom is -0.471 e. The molecule has 1 atom stereocenters. The van der Waals surface area contributed by atoms with Gasteiger partial charge in [-0.3, -0.25) is 9.78 Å². The van der Waals surface area contributed by atoms with Crippen LogP contribution in [0.15, 0.2) is 36.7 Å². The van der Waals surface area contributed by atoms with Crippen LogP contribution in [0.25, 0.3) is 0 Å². The van der Waals surface area contributed by atoms with Crippen LogP contribution in [-0.4, -0.2) is 54.1 Å². The average Bonchev–Trinajstić information content (AvgIpc) is 3.03. The van der Waals surface area contributed by atoms with Crippen molar-refractivity contribution < 1.29 is 9.53 Å². The zero-order chi connectivity index (χ0) is 17.1. The lowest BCUT2D eigenvalue weighted by Gasteiger charge is -2.18. The number of ether oxygens (including phenoxy) is 1. The average molecular weight is 326 g/mol. The Bertz CT molecular complexity index is 715. The summed E-state index contributed by atoms with van der Waals surface area (Å²) in [7, 11) is 3.82. The van der Waals surface area contributed by atoms with Crippen molar-refractivity contribution in [3.8, 4) is 5.88 Å². The molecule has 0 saturated carbocycles. The molecule has 1 unspecified atom stereocenters. The topological polar surface area (TPSA) is 58.6 Å². The van der Waals surface area contributed by atoms with Gasteiger partial charge in [0.15, 0.2) is 5.82 Å². The van der Waals surface area contributed by atoms with Crippen molar-refractivity contribution in [3.63, 3.8) is 0 Å². The van der Waals surface area contributed by atoms with Gasteiger partial charge in [0, 0.05) is 32.6 Å². The van der Waals surface area contributed by atoms with E-state index in [0.717, 1.165) is 23.4 Å². The van der Waals surface area contributed by atoms with Crippen LogP contribution in [-0.2, 0) is 0 Å². The molecule has 1 aliphatic heterocycles. The van der Waals surface area contributed by atoms with Gasteiger partial charge in [0.05, 0.1) is 18.9 Å². The van der Waals surface area contributed by atoms with Gasteiger partial charge in [0.1, 0.15) is 6.10 Å². The third-order valence-corrected chi connectivity index (χ3v) is 4.08. The number of rotatable bonds is 4. The van der Waals surface area contributed by atoms with Gasteiger partial charge < -0.3 is 14.5 Å². The molecule has 0 spiro atoms. The molecule has 1 amide bonds. The van der Waals surface area contributed by atoms with E-state index >= 15 is 0 Å². The molecule has 1 aliphatic rings. The second-order valence-corrected chi connectivity index (χ2v) is 6.26. The summed E-state index contributed by atoms with van der Waals surface area (Å²) in [6, 6.07) is 7.66. The van der Waals surface area contributed by atoms with Gasteiger partial charge in [-0.1, -0.05) is 17.7 Å². The van der Waals surface area contributed by atoms with Gasteiger partial charge in [-0.25, -0.2) is 0 Å². The normalized spacial score (nSPS) is 17.0. The number of hydrogen-bond acceptors (Lipinski definition) is 5. The van der Waals surface area contributed by atoms with E-state index in [0.29, 0.717) is 19.0 Å². The van der Waals surface area contributed by atoms with E-state index in [1.165, 1.54) is 0 Å². The first-order valence-electron chi connectivity index (χ1n) is 8.05. The van der Waals surface area contributed by atoms with Crippen LogP contribution in [0.2, 0.25) is 0 Å². The fourth-order valence-electron chi connectivity index (χ4n) is 2.67. The molecule has 1 aromatic heterocycles. The second kappa shape index (κ2) is 6.86. The van der Waals surface area contributed by atoms with Crippen LogP contribution in [0.4, 0.5) is 5.82 Å². The Balaban J connectivity index is 1.62. The Hall–Kier alpha value is -2.63. The van der Waals surface area contributed by atoms with Crippen LogP contribution in [0.5, 0.6) is 5.88 Å². The lowest BCUT2D eigenvalue weighted by Crippen LogP contribution is -2.31. The van der Waals surface area contributed by atoms with Gasteiger partial charge in [-0.15, -0.1) is 0 Å². The largest absolute Gasteiger partial charge is 0.471 e. The van der Waals surface area contributed by atoms with Crippen molar-refractivity contribution >= 4 is 11.7 Å². The number of carbonyl (C=O) groups excluding carboxylic acids is 1. The number of hydrogen-bond donors (Lipinski definition) is 0. The lowest BCUT2D eigenvalue weighted by atomic mass is 10.1. The van der Waals surface area contributed by atoms with E-state index in [4.69, 9.17) is 4.74 Å². The standard InChI is InChI=1S/C18H22N4O2/c1-13-4-6-14(7-5-13)18(23)22-9-8-15(12-22)24-17-11-19-10-16(20-17)21(2)3/h4-7,10-11,15H,8-9,12H2,1-3H3. The Morgan fingerprint density at radius 3 is 2.71 bits per heavy atom. The number of amides is 1. The summed E-state index contributed by atoms with van der Waals surface area (Å²) in [6.45, 7) is 3.27. The molecule has 0 radical (unpaired) electrons. The number of aromatic nitrogens is 2. The number of benzene rings is 1.